The van der Waals surface area contributed by atoms with Gasteiger partial charge in [-0.1, -0.05) is 6.07 Å². The highest BCUT2D eigenvalue weighted by molar-refractivity contribution is 6.10. The van der Waals surface area contributed by atoms with Gasteiger partial charge < -0.3 is 10.3 Å². The van der Waals surface area contributed by atoms with Gasteiger partial charge in [0.25, 0.3) is 0 Å². The van der Waals surface area contributed by atoms with E-state index in [1.54, 1.807) is 13.8 Å². The maximum absolute atomic E-state index is 15.7. The summed E-state index contributed by atoms with van der Waals surface area (Å²) < 4.78 is 109. The maximum Gasteiger partial charge on any atom is 0.405 e. The Bertz CT molecular complexity index is 1500. The third-order valence-electron chi connectivity index (χ3n) is 7.01. The Hall–Kier alpha value is -3.92. The van der Waals surface area contributed by atoms with E-state index >= 15 is 4.39 Å². The molecule has 0 radical (unpaired) electrons. The van der Waals surface area contributed by atoms with Gasteiger partial charge in [-0.15, -0.1) is 0 Å². The van der Waals surface area contributed by atoms with E-state index in [0.29, 0.717) is 0 Å². The van der Waals surface area contributed by atoms with Gasteiger partial charge in [-0.3, -0.25) is 9.59 Å². The van der Waals surface area contributed by atoms with Crippen molar-refractivity contribution in [1.29, 1.82) is 0 Å². The van der Waals surface area contributed by atoms with E-state index in [1.165, 1.54) is 16.1 Å². The number of benzene rings is 1. The fourth-order valence-corrected chi connectivity index (χ4v) is 4.90. The first-order chi connectivity index (χ1) is 20.1. The second-order valence-electron chi connectivity index (χ2n) is 10.5. The zero-order chi connectivity index (χ0) is 31.7. The topological polar surface area (TPSA) is 118 Å². The molecule has 17 heteroatoms. The number of hydrogen-bond donors (Lipinski definition) is 2. The van der Waals surface area contributed by atoms with Crippen molar-refractivity contribution >= 4 is 28.6 Å². The number of aliphatic imine (C=N–C) groups is 1. The number of carbonyl (C=O) groups excluding carboxylic acids is 2. The van der Waals surface area contributed by atoms with Crippen LogP contribution in [0.5, 0.6) is 0 Å². The smallest absolute Gasteiger partial charge is 0.346 e. The molecular weight excluding hydrogens is 594 g/mol. The van der Waals surface area contributed by atoms with Crippen molar-refractivity contribution in [3.8, 4) is 0 Å². The highest BCUT2D eigenvalue weighted by Gasteiger charge is 2.38. The molecular formula is C26H27F8N7O2. The lowest BCUT2D eigenvalue weighted by Gasteiger charge is -2.28. The molecule has 1 atom stereocenters. The number of carbonyl (C=O) groups is 2. The van der Waals surface area contributed by atoms with E-state index in [-0.39, 0.29) is 41.8 Å². The van der Waals surface area contributed by atoms with Gasteiger partial charge in [0.1, 0.15) is 18.4 Å². The number of hydrogen-bond acceptors (Lipinski definition) is 5. The van der Waals surface area contributed by atoms with Crippen molar-refractivity contribution in [2.75, 3.05) is 6.54 Å². The Kier molecular flexibility index (Phi) is 9.20. The summed E-state index contributed by atoms with van der Waals surface area (Å²) in [6, 6.07) is 1.87. The average molecular weight is 622 g/mol. The van der Waals surface area contributed by atoms with Crippen LogP contribution >= 0.6 is 0 Å². The minimum atomic E-state index is -4.83. The van der Waals surface area contributed by atoms with E-state index in [1.807, 2.05) is 0 Å². The molecule has 9 nitrogen and oxygen atoms in total. The van der Waals surface area contributed by atoms with Gasteiger partial charge in [-0.05, 0) is 32.8 Å². The number of imidazole rings is 1. The molecule has 2 heterocycles. The lowest BCUT2D eigenvalue weighted by atomic mass is 9.83. The number of nitrogens with one attached hydrogen (secondary N) is 2. The number of amides is 2. The van der Waals surface area contributed by atoms with Gasteiger partial charge in [0.15, 0.2) is 11.6 Å². The number of H-pyrrole nitrogens is 1. The van der Waals surface area contributed by atoms with Crippen LogP contribution in [0.25, 0.3) is 11.0 Å². The third-order valence-corrected chi connectivity index (χ3v) is 7.01. The molecule has 0 unspecified atom stereocenters. The third kappa shape index (κ3) is 7.54. The van der Waals surface area contributed by atoms with Gasteiger partial charge in [0.2, 0.25) is 24.1 Å². The number of aromatic nitrogens is 5. The molecule has 4 rings (SSSR count). The molecule has 3 aromatic rings. The van der Waals surface area contributed by atoms with Gasteiger partial charge in [-0.25, -0.2) is 41.6 Å². The largest absolute Gasteiger partial charge is 0.405 e. The highest BCUT2D eigenvalue weighted by atomic mass is 19.4. The summed E-state index contributed by atoms with van der Waals surface area (Å²) >= 11 is 0. The zero-order valence-corrected chi connectivity index (χ0v) is 22.9. The monoisotopic (exact) mass is 621 g/mol. The zero-order valence-electron chi connectivity index (χ0n) is 22.9. The minimum absolute atomic E-state index is 0.0191. The lowest BCUT2D eigenvalue weighted by molar-refractivity contribution is -0.139. The Labute approximate surface area is 239 Å². The lowest BCUT2D eigenvalue weighted by Crippen LogP contribution is -2.37. The van der Waals surface area contributed by atoms with Gasteiger partial charge in [0, 0.05) is 36.8 Å². The van der Waals surface area contributed by atoms with Crippen LogP contribution in [0.15, 0.2) is 23.5 Å². The van der Waals surface area contributed by atoms with Gasteiger partial charge in [-0.2, -0.15) is 18.3 Å². The first kappa shape index (κ1) is 32.0. The molecule has 43 heavy (non-hydrogen) atoms. The van der Waals surface area contributed by atoms with E-state index in [0.717, 1.165) is 12.4 Å². The molecule has 0 saturated heterocycles. The van der Waals surface area contributed by atoms with Crippen LogP contribution in [0.1, 0.15) is 79.9 Å². The number of fused-ring (bicyclic) bond motifs is 1. The summed E-state index contributed by atoms with van der Waals surface area (Å²) in [6.45, 7) is 1.67. The van der Waals surface area contributed by atoms with Crippen LogP contribution in [0.2, 0.25) is 0 Å². The summed E-state index contributed by atoms with van der Waals surface area (Å²) in [7, 11) is 0. The second-order valence-corrected chi connectivity index (χ2v) is 10.5. The van der Waals surface area contributed by atoms with Crippen LogP contribution in [-0.2, 0) is 4.79 Å². The normalized spacial score (nSPS) is 17.2. The predicted octanol–water partition coefficient (Wildman–Crippen LogP) is 5.75. The van der Waals surface area contributed by atoms with Crippen molar-refractivity contribution in [2.45, 2.75) is 76.4 Å². The van der Waals surface area contributed by atoms with Crippen molar-refractivity contribution in [3.63, 3.8) is 0 Å². The van der Waals surface area contributed by atoms with Crippen LogP contribution in [0, 0.1) is 11.7 Å². The van der Waals surface area contributed by atoms with Crippen molar-refractivity contribution in [2.24, 2.45) is 10.9 Å². The molecule has 2 amide bonds. The first-order valence-corrected chi connectivity index (χ1v) is 13.3. The predicted molar refractivity (Wildman–Crippen MR) is 137 cm³/mol. The molecule has 2 aromatic heterocycles. The van der Waals surface area contributed by atoms with Crippen molar-refractivity contribution in [3.05, 3.63) is 41.5 Å². The minimum Gasteiger partial charge on any atom is -0.346 e. The first-order valence-electron chi connectivity index (χ1n) is 13.3. The maximum atomic E-state index is 15.7. The average Bonchev–Trinajstić information content (AvgIpc) is 3.57. The van der Waals surface area contributed by atoms with Gasteiger partial charge >= 0.3 is 12.1 Å². The Morgan fingerprint density at radius 2 is 1.86 bits per heavy atom. The molecule has 1 aliphatic carbocycles. The van der Waals surface area contributed by atoms with E-state index < -0.39 is 84.9 Å². The van der Waals surface area contributed by atoms with Crippen LogP contribution < -0.4 is 5.32 Å². The van der Waals surface area contributed by atoms with Crippen molar-refractivity contribution < 1.29 is 44.7 Å². The Morgan fingerprint density at radius 3 is 2.47 bits per heavy atom. The molecule has 1 aliphatic rings. The van der Waals surface area contributed by atoms with E-state index in [2.05, 4.69) is 25.0 Å². The Balaban J connectivity index is 1.76. The summed E-state index contributed by atoms with van der Waals surface area (Å²) in [4.78, 5) is 40.5. The summed E-state index contributed by atoms with van der Waals surface area (Å²) in [5.41, 5.74) is -1.18. The molecule has 234 valence electrons. The molecule has 1 fully saturated rings. The second kappa shape index (κ2) is 12.4. The van der Waals surface area contributed by atoms with Crippen LogP contribution in [0.4, 0.5) is 35.1 Å². The SMILES string of the molecule is CC(C)n1ncnc1C(=O)N=C(c1nc2c(F)c([C@H](CC(F)F)C(=O)NCC(F)(F)F)ccc2[nH]1)C1CCC(F)(F)CC1. The Morgan fingerprint density at radius 1 is 1.19 bits per heavy atom. The van der Waals surface area contributed by atoms with E-state index in [9.17, 15) is 40.3 Å². The molecule has 2 N–H and O–H groups in total. The number of alkyl halides is 7. The number of nitrogens with zero attached hydrogens (tertiary/aromatic N) is 5. The highest BCUT2D eigenvalue weighted by Crippen LogP contribution is 2.38. The molecule has 0 aliphatic heterocycles. The standard InChI is InChI=1S/C26H27F8N7O2/c1-12(2)41-22(36-11-37-41)24(43)40-19(13-5-7-25(30,31)8-6-13)21-38-16-4-3-14(18(29)20(16)39-21)15(9-17(27)28)23(42)35-10-26(32,33)34/h3-4,11-13,15,17H,5-10H2,1-2H3,(H,35,42)(H,38,39)/t15-/m0/s1. The fraction of sp³-hybridized carbons (Fsp3) is 0.538. The van der Waals surface area contributed by atoms with Crippen LogP contribution in [-0.4, -0.2) is 67.3 Å². The number of halogens is 8. The summed E-state index contributed by atoms with van der Waals surface area (Å²) in [6.07, 6.45) is -9.30. The van der Waals surface area contributed by atoms with Crippen LogP contribution in [0.3, 0.4) is 0 Å². The quantitative estimate of drug-likeness (QED) is 0.233. The summed E-state index contributed by atoms with van der Waals surface area (Å²) in [5.74, 6) is -9.50. The molecule has 0 spiro atoms. The molecule has 1 saturated carbocycles. The molecule has 1 aromatic carbocycles. The number of rotatable bonds is 9. The number of aromatic amines is 1. The molecule has 0 bridgehead atoms. The van der Waals surface area contributed by atoms with E-state index in [4.69, 9.17) is 0 Å². The fourth-order valence-electron chi connectivity index (χ4n) is 4.90. The van der Waals surface area contributed by atoms with Crippen molar-refractivity contribution in [1.82, 2.24) is 30.0 Å². The summed E-state index contributed by atoms with van der Waals surface area (Å²) in [5, 5.41) is 5.48. The van der Waals surface area contributed by atoms with Gasteiger partial charge in [0.05, 0.1) is 17.1 Å².